The van der Waals surface area contributed by atoms with Crippen molar-refractivity contribution >= 4 is 56.5 Å². The Morgan fingerprint density at radius 3 is 2.70 bits per heavy atom. The first-order valence-electron chi connectivity index (χ1n) is 9.26. The van der Waals surface area contributed by atoms with Crippen molar-refractivity contribution in [1.82, 2.24) is 10.7 Å². The van der Waals surface area contributed by atoms with Crippen molar-refractivity contribution in [3.63, 3.8) is 0 Å². The highest BCUT2D eigenvalue weighted by atomic mass is 127. The van der Waals surface area contributed by atoms with Gasteiger partial charge >= 0.3 is 0 Å². The zero-order valence-corrected chi connectivity index (χ0v) is 20.6. The summed E-state index contributed by atoms with van der Waals surface area (Å²) in [5.41, 5.74) is 3.63. The molecule has 2 aromatic rings. The van der Waals surface area contributed by atoms with Crippen LogP contribution in [-0.4, -0.2) is 37.8 Å². The zero-order valence-electron chi connectivity index (χ0n) is 16.9. The molecule has 0 radical (unpaired) electrons. The van der Waals surface area contributed by atoms with Crippen molar-refractivity contribution in [3.8, 4) is 11.5 Å². The first-order chi connectivity index (χ1) is 14.4. The van der Waals surface area contributed by atoms with Crippen LogP contribution in [0.4, 0.5) is 0 Å². The number of ether oxygens (including phenoxy) is 2. The molecule has 2 amide bonds. The molecule has 30 heavy (non-hydrogen) atoms. The number of hydrogen-bond donors (Lipinski definition) is 2. The number of carbonyl (C=O) groups is 2. The van der Waals surface area contributed by atoms with E-state index in [1.54, 1.807) is 38.3 Å². The van der Waals surface area contributed by atoms with E-state index in [9.17, 15) is 9.59 Å². The number of benzene rings is 2. The lowest BCUT2D eigenvalue weighted by Crippen LogP contribution is -2.43. The molecule has 0 saturated heterocycles. The number of halogens is 2. The van der Waals surface area contributed by atoms with Gasteiger partial charge in [0.2, 0.25) is 0 Å². The lowest BCUT2D eigenvalue weighted by Gasteiger charge is -2.13. The third-order valence-corrected chi connectivity index (χ3v) is 5.44. The average molecular weight is 588 g/mol. The molecular weight excluding hydrogens is 565 g/mol. The lowest BCUT2D eigenvalue weighted by atomic mass is 10.2. The zero-order chi connectivity index (χ0) is 22.1. The first-order valence-corrected chi connectivity index (χ1v) is 11.1. The van der Waals surface area contributed by atoms with E-state index in [0.717, 1.165) is 15.6 Å². The average Bonchev–Trinajstić information content (AvgIpc) is 2.72. The van der Waals surface area contributed by atoms with Gasteiger partial charge in [-0.05, 0) is 81.7 Å². The molecule has 2 N–H and O–H groups in total. The molecule has 0 spiro atoms. The molecule has 1 unspecified atom stereocenters. The van der Waals surface area contributed by atoms with E-state index in [2.05, 4.69) is 54.4 Å². The SMILES string of the molecule is CCCOc1c(I)cc(C=NNC(=O)C(C)NC(=O)c2ccccc2Br)cc1OC. The molecule has 9 heteroatoms. The molecule has 0 saturated carbocycles. The Morgan fingerprint density at radius 2 is 2.03 bits per heavy atom. The van der Waals surface area contributed by atoms with E-state index in [4.69, 9.17) is 9.47 Å². The van der Waals surface area contributed by atoms with E-state index in [0.29, 0.717) is 28.1 Å². The summed E-state index contributed by atoms with van der Waals surface area (Å²) >= 11 is 5.49. The van der Waals surface area contributed by atoms with Gasteiger partial charge in [0.25, 0.3) is 11.8 Å². The Bertz CT molecular complexity index is 936. The van der Waals surface area contributed by atoms with Gasteiger partial charge in [0.05, 0.1) is 29.1 Å². The molecular formula is C21H23BrIN3O4. The molecule has 0 fully saturated rings. The van der Waals surface area contributed by atoms with Crippen molar-refractivity contribution in [1.29, 1.82) is 0 Å². The number of nitrogens with one attached hydrogen (secondary N) is 2. The minimum atomic E-state index is -0.763. The van der Waals surface area contributed by atoms with Gasteiger partial charge in [-0.25, -0.2) is 5.43 Å². The number of methoxy groups -OCH3 is 1. The van der Waals surface area contributed by atoms with Gasteiger partial charge in [-0.3, -0.25) is 9.59 Å². The maximum absolute atomic E-state index is 12.3. The van der Waals surface area contributed by atoms with Crippen LogP contribution in [0.1, 0.15) is 36.2 Å². The van der Waals surface area contributed by atoms with Crippen molar-refractivity contribution in [2.75, 3.05) is 13.7 Å². The second-order valence-electron chi connectivity index (χ2n) is 6.29. The maximum Gasteiger partial charge on any atom is 0.262 e. The van der Waals surface area contributed by atoms with Gasteiger partial charge in [0.1, 0.15) is 6.04 Å². The summed E-state index contributed by atoms with van der Waals surface area (Å²) in [5, 5.41) is 6.63. The maximum atomic E-state index is 12.3. The highest BCUT2D eigenvalue weighted by molar-refractivity contribution is 14.1. The normalized spacial score (nSPS) is 11.8. The Balaban J connectivity index is 1.99. The van der Waals surface area contributed by atoms with E-state index >= 15 is 0 Å². The monoisotopic (exact) mass is 587 g/mol. The molecule has 0 aliphatic rings. The predicted molar refractivity (Wildman–Crippen MR) is 128 cm³/mol. The number of hydrazone groups is 1. The standard InChI is InChI=1S/C21H23BrIN3O4/c1-4-9-30-19-17(23)10-14(11-18(19)29-3)12-24-26-20(27)13(2)25-21(28)15-7-5-6-8-16(15)22/h5-8,10-13H,4,9H2,1-3H3,(H,25,28)(H,26,27). The summed E-state index contributed by atoms with van der Waals surface area (Å²) < 4.78 is 12.7. The largest absolute Gasteiger partial charge is 0.493 e. The second-order valence-corrected chi connectivity index (χ2v) is 8.31. The van der Waals surface area contributed by atoms with E-state index in [1.807, 2.05) is 19.1 Å². The van der Waals surface area contributed by atoms with Crippen molar-refractivity contribution in [3.05, 3.63) is 55.6 Å². The van der Waals surface area contributed by atoms with E-state index < -0.39 is 11.9 Å². The topological polar surface area (TPSA) is 89.0 Å². The quantitative estimate of drug-likeness (QED) is 0.262. The van der Waals surface area contributed by atoms with Gasteiger partial charge in [-0.15, -0.1) is 0 Å². The number of hydrogen-bond acceptors (Lipinski definition) is 5. The predicted octanol–water partition coefficient (Wildman–Crippen LogP) is 4.12. The highest BCUT2D eigenvalue weighted by Crippen LogP contribution is 2.33. The Hall–Kier alpha value is -2.14. The summed E-state index contributed by atoms with van der Waals surface area (Å²) in [5.74, 6) is 0.494. The molecule has 0 aliphatic carbocycles. The fourth-order valence-electron chi connectivity index (χ4n) is 2.41. The van der Waals surface area contributed by atoms with Gasteiger partial charge in [0, 0.05) is 4.47 Å². The minimum absolute atomic E-state index is 0.351. The molecule has 0 aliphatic heterocycles. The van der Waals surface area contributed by atoms with Crippen LogP contribution in [0.2, 0.25) is 0 Å². The lowest BCUT2D eigenvalue weighted by molar-refractivity contribution is -0.122. The van der Waals surface area contributed by atoms with Crippen LogP contribution < -0.4 is 20.2 Å². The molecule has 7 nitrogen and oxygen atoms in total. The molecule has 0 bridgehead atoms. The fraction of sp³-hybridized carbons (Fsp3) is 0.286. The Morgan fingerprint density at radius 1 is 1.30 bits per heavy atom. The van der Waals surface area contributed by atoms with Gasteiger partial charge in [-0.1, -0.05) is 19.1 Å². The number of rotatable bonds is 9. The van der Waals surface area contributed by atoms with Crippen LogP contribution >= 0.6 is 38.5 Å². The van der Waals surface area contributed by atoms with Gasteiger partial charge < -0.3 is 14.8 Å². The summed E-state index contributed by atoms with van der Waals surface area (Å²) in [6, 6.07) is 9.89. The van der Waals surface area contributed by atoms with E-state index in [-0.39, 0.29) is 5.91 Å². The third kappa shape index (κ3) is 6.69. The molecule has 160 valence electrons. The van der Waals surface area contributed by atoms with Gasteiger partial charge in [0.15, 0.2) is 11.5 Å². The highest BCUT2D eigenvalue weighted by Gasteiger charge is 2.17. The molecule has 0 aromatic heterocycles. The molecule has 2 aromatic carbocycles. The first kappa shape index (κ1) is 24.1. The Kier molecular flexibility index (Phi) is 9.57. The van der Waals surface area contributed by atoms with Crippen molar-refractivity contribution in [2.45, 2.75) is 26.3 Å². The second kappa shape index (κ2) is 11.9. The van der Waals surface area contributed by atoms with Crippen molar-refractivity contribution < 1.29 is 19.1 Å². The summed E-state index contributed by atoms with van der Waals surface area (Å²) in [4.78, 5) is 24.6. The van der Waals surface area contributed by atoms with Crippen LogP contribution in [0.25, 0.3) is 0 Å². The summed E-state index contributed by atoms with van der Waals surface area (Å²) in [6.45, 7) is 4.22. The third-order valence-electron chi connectivity index (χ3n) is 3.95. The molecule has 0 heterocycles. The minimum Gasteiger partial charge on any atom is -0.493 e. The number of nitrogens with zero attached hydrogens (tertiary/aromatic N) is 1. The van der Waals surface area contributed by atoms with Crippen LogP contribution in [0.5, 0.6) is 11.5 Å². The van der Waals surface area contributed by atoms with Crippen LogP contribution in [0, 0.1) is 3.57 Å². The smallest absolute Gasteiger partial charge is 0.262 e. The fourth-order valence-corrected chi connectivity index (χ4v) is 3.66. The summed E-state index contributed by atoms with van der Waals surface area (Å²) in [6.07, 6.45) is 2.40. The van der Waals surface area contributed by atoms with E-state index in [1.165, 1.54) is 6.21 Å². The number of carbonyl (C=O) groups excluding carboxylic acids is 2. The van der Waals surface area contributed by atoms with Crippen LogP contribution in [-0.2, 0) is 4.79 Å². The number of amides is 2. The van der Waals surface area contributed by atoms with Crippen LogP contribution in [0.3, 0.4) is 0 Å². The van der Waals surface area contributed by atoms with Crippen LogP contribution in [0.15, 0.2) is 46.0 Å². The van der Waals surface area contributed by atoms with Crippen molar-refractivity contribution in [2.24, 2.45) is 5.10 Å². The van der Waals surface area contributed by atoms with Gasteiger partial charge in [-0.2, -0.15) is 5.10 Å². The molecule has 2 rings (SSSR count). The summed E-state index contributed by atoms with van der Waals surface area (Å²) in [7, 11) is 1.57. The molecule has 1 atom stereocenters. The Labute approximate surface area is 197 Å².